The lowest BCUT2D eigenvalue weighted by atomic mass is 9.77. The molecule has 116 valence electrons. The van der Waals surface area contributed by atoms with Crippen molar-refractivity contribution in [3.8, 4) is 0 Å². The van der Waals surface area contributed by atoms with E-state index in [1.165, 1.54) is 0 Å². The lowest BCUT2D eigenvalue weighted by Gasteiger charge is -2.38. The number of carbonyl (C=O) groups excluding carboxylic acids is 1. The van der Waals surface area contributed by atoms with Gasteiger partial charge in [0.05, 0.1) is 18.2 Å². The van der Waals surface area contributed by atoms with Crippen LogP contribution in [-0.4, -0.2) is 49.0 Å². The third-order valence-electron chi connectivity index (χ3n) is 4.67. The van der Waals surface area contributed by atoms with Gasteiger partial charge in [0.1, 0.15) is 6.61 Å². The van der Waals surface area contributed by atoms with Crippen molar-refractivity contribution in [2.45, 2.75) is 57.1 Å². The van der Waals surface area contributed by atoms with Crippen molar-refractivity contribution in [2.24, 2.45) is 5.92 Å². The highest BCUT2D eigenvalue weighted by Crippen LogP contribution is 2.31. The molecule has 0 atom stereocenters. The van der Waals surface area contributed by atoms with Crippen LogP contribution in [0.15, 0.2) is 0 Å². The molecular weight excluding hydrogens is 256 g/mol. The van der Waals surface area contributed by atoms with Gasteiger partial charge in [0.25, 0.3) is 0 Å². The highest BCUT2D eigenvalue weighted by atomic mass is 16.5. The van der Waals surface area contributed by atoms with Crippen LogP contribution < -0.4 is 10.6 Å². The molecule has 5 heteroatoms. The molecule has 2 fully saturated rings. The number of amides is 1. The maximum atomic E-state index is 12.0. The van der Waals surface area contributed by atoms with Gasteiger partial charge in [-0.15, -0.1) is 0 Å². The van der Waals surface area contributed by atoms with E-state index < -0.39 is 5.54 Å². The molecule has 1 saturated carbocycles. The van der Waals surface area contributed by atoms with Gasteiger partial charge >= 0.3 is 0 Å². The van der Waals surface area contributed by atoms with Crippen LogP contribution in [0.2, 0.25) is 0 Å². The summed E-state index contributed by atoms with van der Waals surface area (Å²) >= 11 is 0. The number of carbonyl (C=O) groups is 1. The predicted octanol–water partition coefficient (Wildman–Crippen LogP) is 0.812. The maximum absolute atomic E-state index is 12.0. The monoisotopic (exact) mass is 284 g/mol. The molecule has 1 aliphatic heterocycles. The average Bonchev–Trinajstić information content (AvgIpc) is 2.49. The molecule has 1 aliphatic carbocycles. The molecule has 0 spiro atoms. The fourth-order valence-electron chi connectivity index (χ4n) is 3.12. The lowest BCUT2D eigenvalue weighted by Crippen LogP contribution is -2.54. The van der Waals surface area contributed by atoms with Crippen LogP contribution in [0.5, 0.6) is 0 Å². The second-order valence-corrected chi connectivity index (χ2v) is 6.43. The number of rotatable bonds is 5. The molecule has 1 saturated heterocycles. The van der Waals surface area contributed by atoms with Crippen LogP contribution in [0.25, 0.3) is 0 Å². The van der Waals surface area contributed by atoms with Crippen LogP contribution in [0.1, 0.15) is 45.4 Å². The summed E-state index contributed by atoms with van der Waals surface area (Å²) in [6, 6.07) is 0. The Balaban J connectivity index is 1.74. The van der Waals surface area contributed by atoms with E-state index in [0.717, 1.165) is 51.6 Å². The minimum Gasteiger partial charge on any atom is -0.394 e. The Labute approximate surface area is 121 Å². The summed E-state index contributed by atoms with van der Waals surface area (Å²) in [5, 5.41) is 15.9. The molecule has 0 aromatic carbocycles. The first-order chi connectivity index (χ1) is 9.63. The first-order valence-corrected chi connectivity index (χ1v) is 7.88. The standard InChI is InChI=1S/C15H28N2O3/c1-12-2-6-15(11-18,7-3-12)17-14(19)10-20-13-4-8-16-9-5-13/h12-13,16,18H,2-11H2,1H3,(H,17,19). The Morgan fingerprint density at radius 3 is 2.55 bits per heavy atom. The molecule has 20 heavy (non-hydrogen) atoms. The van der Waals surface area contributed by atoms with Crippen molar-refractivity contribution >= 4 is 5.91 Å². The Morgan fingerprint density at radius 1 is 1.30 bits per heavy atom. The molecule has 5 nitrogen and oxygen atoms in total. The van der Waals surface area contributed by atoms with Gasteiger partial charge in [0.2, 0.25) is 5.91 Å². The zero-order valence-corrected chi connectivity index (χ0v) is 12.5. The fraction of sp³-hybridized carbons (Fsp3) is 0.933. The topological polar surface area (TPSA) is 70.6 Å². The number of aliphatic hydroxyl groups excluding tert-OH is 1. The van der Waals surface area contributed by atoms with Crippen molar-refractivity contribution in [1.82, 2.24) is 10.6 Å². The first kappa shape index (κ1) is 15.7. The molecule has 2 aliphatic rings. The van der Waals surface area contributed by atoms with Gasteiger partial charge in [-0.2, -0.15) is 0 Å². The van der Waals surface area contributed by atoms with Gasteiger partial charge in [0, 0.05) is 0 Å². The number of hydrogen-bond donors (Lipinski definition) is 3. The quantitative estimate of drug-likeness (QED) is 0.699. The van der Waals surface area contributed by atoms with Gasteiger partial charge in [-0.3, -0.25) is 4.79 Å². The maximum Gasteiger partial charge on any atom is 0.246 e. The molecule has 0 unspecified atom stereocenters. The zero-order valence-electron chi connectivity index (χ0n) is 12.5. The van der Waals surface area contributed by atoms with Crippen LogP contribution in [0.3, 0.4) is 0 Å². The molecule has 2 rings (SSSR count). The summed E-state index contributed by atoms with van der Waals surface area (Å²) < 4.78 is 5.66. The number of ether oxygens (including phenoxy) is 1. The van der Waals surface area contributed by atoms with E-state index in [2.05, 4.69) is 17.6 Å². The van der Waals surface area contributed by atoms with Crippen LogP contribution in [-0.2, 0) is 9.53 Å². The lowest BCUT2D eigenvalue weighted by molar-refractivity contribution is -0.131. The number of piperidine rings is 1. The molecule has 1 heterocycles. The smallest absolute Gasteiger partial charge is 0.246 e. The van der Waals surface area contributed by atoms with Crippen molar-refractivity contribution < 1.29 is 14.6 Å². The Bertz CT molecular complexity index is 308. The van der Waals surface area contributed by atoms with Crippen molar-refractivity contribution in [2.75, 3.05) is 26.3 Å². The van der Waals surface area contributed by atoms with Crippen LogP contribution in [0.4, 0.5) is 0 Å². The summed E-state index contributed by atoms with van der Waals surface area (Å²) in [6.45, 7) is 4.29. The summed E-state index contributed by atoms with van der Waals surface area (Å²) in [5.74, 6) is 0.602. The minimum absolute atomic E-state index is 0.0266. The van der Waals surface area contributed by atoms with Gasteiger partial charge in [-0.05, 0) is 57.5 Å². The molecule has 0 aromatic rings. The van der Waals surface area contributed by atoms with Crippen molar-refractivity contribution in [1.29, 1.82) is 0 Å². The summed E-state index contributed by atoms with van der Waals surface area (Å²) in [6.07, 6.45) is 5.99. The third kappa shape index (κ3) is 4.43. The first-order valence-electron chi connectivity index (χ1n) is 7.88. The zero-order chi connectivity index (χ0) is 14.4. The van der Waals surface area contributed by atoms with E-state index >= 15 is 0 Å². The number of aliphatic hydroxyl groups is 1. The average molecular weight is 284 g/mol. The predicted molar refractivity (Wildman–Crippen MR) is 77.4 cm³/mol. The second kappa shape index (κ2) is 7.38. The Hall–Kier alpha value is -0.650. The summed E-state index contributed by atoms with van der Waals surface area (Å²) in [5.41, 5.74) is -0.416. The van der Waals surface area contributed by atoms with E-state index in [-0.39, 0.29) is 25.2 Å². The molecule has 3 N–H and O–H groups in total. The largest absolute Gasteiger partial charge is 0.394 e. The third-order valence-corrected chi connectivity index (χ3v) is 4.67. The summed E-state index contributed by atoms with van der Waals surface area (Å²) in [4.78, 5) is 12.0. The van der Waals surface area contributed by atoms with Crippen molar-refractivity contribution in [3.63, 3.8) is 0 Å². The van der Waals surface area contributed by atoms with Crippen LogP contribution >= 0.6 is 0 Å². The molecular formula is C15H28N2O3. The van der Waals surface area contributed by atoms with Gasteiger partial charge < -0.3 is 20.5 Å². The van der Waals surface area contributed by atoms with Crippen molar-refractivity contribution in [3.05, 3.63) is 0 Å². The fourth-order valence-corrected chi connectivity index (χ4v) is 3.12. The molecule has 0 radical (unpaired) electrons. The van der Waals surface area contributed by atoms with E-state index in [9.17, 15) is 9.90 Å². The van der Waals surface area contributed by atoms with E-state index in [0.29, 0.717) is 5.92 Å². The summed E-state index contributed by atoms with van der Waals surface area (Å²) in [7, 11) is 0. The van der Waals surface area contributed by atoms with E-state index in [1.807, 2.05) is 0 Å². The van der Waals surface area contributed by atoms with Gasteiger partial charge in [-0.25, -0.2) is 0 Å². The molecule has 1 amide bonds. The van der Waals surface area contributed by atoms with Gasteiger partial charge in [-0.1, -0.05) is 6.92 Å². The SMILES string of the molecule is CC1CCC(CO)(NC(=O)COC2CCNCC2)CC1. The van der Waals surface area contributed by atoms with Gasteiger partial charge in [0.15, 0.2) is 0 Å². The van der Waals surface area contributed by atoms with E-state index in [4.69, 9.17) is 4.74 Å². The minimum atomic E-state index is -0.416. The normalized spacial score (nSPS) is 32.0. The second-order valence-electron chi connectivity index (χ2n) is 6.43. The van der Waals surface area contributed by atoms with Crippen LogP contribution in [0, 0.1) is 5.92 Å². The Morgan fingerprint density at radius 2 is 1.95 bits per heavy atom. The van der Waals surface area contributed by atoms with E-state index in [1.54, 1.807) is 0 Å². The molecule has 0 aromatic heterocycles. The molecule has 0 bridgehead atoms. The highest BCUT2D eigenvalue weighted by Gasteiger charge is 2.35. The highest BCUT2D eigenvalue weighted by molar-refractivity contribution is 5.78. The Kier molecular flexibility index (Phi) is 5.81. The number of hydrogen-bond acceptors (Lipinski definition) is 4. The number of nitrogens with one attached hydrogen (secondary N) is 2.